The lowest BCUT2D eigenvalue weighted by atomic mass is 10.2. The van der Waals surface area contributed by atoms with Gasteiger partial charge in [-0.2, -0.15) is 0 Å². The van der Waals surface area contributed by atoms with E-state index in [2.05, 4.69) is 16.0 Å². The Kier molecular flexibility index (Phi) is 2.97. The summed E-state index contributed by atoms with van der Waals surface area (Å²) in [7, 11) is 0. The van der Waals surface area contributed by atoms with Crippen LogP contribution < -0.4 is 5.73 Å². The summed E-state index contributed by atoms with van der Waals surface area (Å²) < 4.78 is 1.86. The zero-order chi connectivity index (χ0) is 11.0. The minimum atomic E-state index is 0. The van der Waals surface area contributed by atoms with Gasteiger partial charge in [-0.25, -0.2) is 4.98 Å². The number of rotatable bonds is 1. The average molecular weight is 247 g/mol. The van der Waals surface area contributed by atoms with Crippen molar-refractivity contribution in [3.05, 3.63) is 49.1 Å². The van der Waals surface area contributed by atoms with E-state index in [-0.39, 0.29) is 12.4 Å². The lowest BCUT2D eigenvalue weighted by Gasteiger charge is -2.02. The number of halogens is 1. The zero-order valence-corrected chi connectivity index (χ0v) is 9.76. The Bertz CT molecular complexity index is 648. The van der Waals surface area contributed by atoms with Gasteiger partial charge in [0.25, 0.3) is 0 Å². The van der Waals surface area contributed by atoms with Crippen LogP contribution in [-0.4, -0.2) is 14.5 Å². The first-order valence-electron chi connectivity index (χ1n) is 4.97. The number of pyridine rings is 1. The smallest absolute Gasteiger partial charge is 0.141 e. The van der Waals surface area contributed by atoms with Crippen molar-refractivity contribution in [3.8, 4) is 5.69 Å². The van der Waals surface area contributed by atoms with Gasteiger partial charge >= 0.3 is 0 Å². The summed E-state index contributed by atoms with van der Waals surface area (Å²) in [6, 6.07) is 10.1. The van der Waals surface area contributed by atoms with Gasteiger partial charge in [0, 0.05) is 5.39 Å². The minimum Gasteiger partial charge on any atom is -0.382 e. The van der Waals surface area contributed by atoms with Crippen LogP contribution in [0, 0.1) is 0 Å². The summed E-state index contributed by atoms with van der Waals surface area (Å²) in [5.41, 5.74) is 7.52. The molecule has 0 aliphatic rings. The third-order valence-corrected chi connectivity index (χ3v) is 2.48. The molecule has 0 bridgehead atoms. The zero-order valence-electron chi connectivity index (χ0n) is 8.95. The number of benzene rings is 1. The third kappa shape index (κ3) is 2.07. The van der Waals surface area contributed by atoms with E-state index in [1.165, 1.54) is 0 Å². The highest BCUT2D eigenvalue weighted by molar-refractivity contribution is 5.85. The molecule has 1 aromatic carbocycles. The summed E-state index contributed by atoms with van der Waals surface area (Å²) in [4.78, 5) is 8.36. The van der Waals surface area contributed by atoms with Gasteiger partial charge in [0.1, 0.15) is 12.1 Å². The van der Waals surface area contributed by atoms with Gasteiger partial charge < -0.3 is 10.3 Å². The molecule has 5 heteroatoms. The summed E-state index contributed by atoms with van der Waals surface area (Å²) >= 11 is 0. The molecule has 3 aromatic rings. The van der Waals surface area contributed by atoms with E-state index in [4.69, 9.17) is 5.73 Å². The number of nitrogens with two attached hydrogens (primary N) is 1. The highest BCUT2D eigenvalue weighted by Gasteiger charge is 2.00. The second-order valence-electron chi connectivity index (χ2n) is 3.59. The van der Waals surface area contributed by atoms with E-state index in [1.54, 1.807) is 12.5 Å². The van der Waals surface area contributed by atoms with Gasteiger partial charge in [-0.05, 0) is 12.1 Å². The van der Waals surface area contributed by atoms with Crippen LogP contribution in [0.3, 0.4) is 0 Å². The van der Waals surface area contributed by atoms with Crippen LogP contribution in [0.15, 0.2) is 49.1 Å². The highest BCUT2D eigenvalue weighted by atomic mass is 35.5. The molecule has 4 nitrogen and oxygen atoms in total. The van der Waals surface area contributed by atoms with E-state index in [9.17, 15) is 0 Å². The number of aromatic nitrogens is 3. The van der Waals surface area contributed by atoms with Crippen molar-refractivity contribution in [2.45, 2.75) is 0 Å². The summed E-state index contributed by atoms with van der Waals surface area (Å²) in [6.45, 7) is 0. The molecular weight excluding hydrogens is 236 g/mol. The van der Waals surface area contributed by atoms with Crippen LogP contribution in [0.4, 0.5) is 5.82 Å². The van der Waals surface area contributed by atoms with Crippen LogP contribution in [-0.2, 0) is 0 Å². The molecule has 2 N–H and O–H groups in total. The molecule has 0 saturated carbocycles. The molecule has 0 unspecified atom stereocenters. The second-order valence-corrected chi connectivity index (χ2v) is 3.59. The van der Waals surface area contributed by atoms with Crippen molar-refractivity contribution in [2.75, 3.05) is 5.73 Å². The van der Waals surface area contributed by atoms with Crippen LogP contribution in [0.25, 0.3) is 16.6 Å². The Morgan fingerprint density at radius 3 is 2.71 bits per heavy atom. The van der Waals surface area contributed by atoms with Crippen LogP contribution in [0.1, 0.15) is 0 Å². The first kappa shape index (κ1) is 11.4. The van der Waals surface area contributed by atoms with Crippen LogP contribution in [0.5, 0.6) is 0 Å². The molecule has 0 saturated heterocycles. The van der Waals surface area contributed by atoms with E-state index < -0.39 is 0 Å². The molecule has 0 atom stereocenters. The van der Waals surface area contributed by atoms with Crippen molar-refractivity contribution in [1.29, 1.82) is 0 Å². The fourth-order valence-electron chi connectivity index (χ4n) is 1.68. The molecule has 0 aliphatic carbocycles. The van der Waals surface area contributed by atoms with E-state index in [1.807, 2.05) is 35.0 Å². The number of imidazole rings is 1. The fourth-order valence-corrected chi connectivity index (χ4v) is 1.68. The molecule has 3 rings (SSSR count). The molecule has 0 radical (unpaired) electrons. The number of hydrogen-bond acceptors (Lipinski definition) is 3. The van der Waals surface area contributed by atoms with E-state index in [0.29, 0.717) is 5.82 Å². The summed E-state index contributed by atoms with van der Waals surface area (Å²) in [6.07, 6.45) is 5.26. The number of nitrogen functional groups attached to an aromatic ring is 1. The number of fused-ring (bicyclic) bond motifs is 1. The average Bonchev–Trinajstić information content (AvgIpc) is 2.75. The van der Waals surface area contributed by atoms with Gasteiger partial charge in [0.05, 0.1) is 23.6 Å². The summed E-state index contributed by atoms with van der Waals surface area (Å²) in [5, 5.41) is 1.10. The quantitative estimate of drug-likeness (QED) is 0.717. The molecule has 0 spiro atoms. The van der Waals surface area contributed by atoms with Crippen LogP contribution in [0.2, 0.25) is 0 Å². The topological polar surface area (TPSA) is 56.7 Å². The number of hydrogen-bond donors (Lipinski definition) is 1. The van der Waals surface area contributed by atoms with Gasteiger partial charge in [-0.15, -0.1) is 12.4 Å². The Morgan fingerprint density at radius 2 is 1.94 bits per heavy atom. The van der Waals surface area contributed by atoms with Crippen molar-refractivity contribution in [1.82, 2.24) is 14.5 Å². The SMILES string of the molecule is Cl.Nc1cn(-c2cnc3ccccc3c2)cn1. The molecule has 0 aliphatic heterocycles. The maximum atomic E-state index is 5.58. The van der Waals surface area contributed by atoms with Crippen LogP contribution >= 0.6 is 12.4 Å². The lowest BCUT2D eigenvalue weighted by molar-refractivity contribution is 1.05. The molecule has 17 heavy (non-hydrogen) atoms. The predicted molar refractivity (Wildman–Crippen MR) is 70.5 cm³/mol. The molecule has 0 amide bonds. The number of para-hydroxylation sites is 1. The van der Waals surface area contributed by atoms with Crippen molar-refractivity contribution >= 4 is 29.1 Å². The van der Waals surface area contributed by atoms with Gasteiger partial charge in [0.15, 0.2) is 0 Å². The largest absolute Gasteiger partial charge is 0.382 e. The predicted octanol–water partition coefficient (Wildman–Crippen LogP) is 2.42. The minimum absolute atomic E-state index is 0. The Hall–Kier alpha value is -2.07. The highest BCUT2D eigenvalue weighted by Crippen LogP contribution is 2.16. The lowest BCUT2D eigenvalue weighted by Crippen LogP contribution is -1.91. The normalized spacial score (nSPS) is 10.1. The van der Waals surface area contributed by atoms with E-state index in [0.717, 1.165) is 16.6 Å². The fraction of sp³-hybridized carbons (Fsp3) is 0. The first-order chi connectivity index (χ1) is 7.83. The number of anilines is 1. The van der Waals surface area contributed by atoms with Gasteiger partial charge in [-0.1, -0.05) is 18.2 Å². The van der Waals surface area contributed by atoms with Gasteiger partial charge in [-0.3, -0.25) is 4.98 Å². The third-order valence-electron chi connectivity index (χ3n) is 2.48. The van der Waals surface area contributed by atoms with Crippen molar-refractivity contribution in [2.24, 2.45) is 0 Å². The second kappa shape index (κ2) is 4.43. The Morgan fingerprint density at radius 1 is 1.12 bits per heavy atom. The molecule has 2 aromatic heterocycles. The maximum Gasteiger partial charge on any atom is 0.141 e. The maximum absolute atomic E-state index is 5.58. The van der Waals surface area contributed by atoms with Crippen molar-refractivity contribution in [3.63, 3.8) is 0 Å². The van der Waals surface area contributed by atoms with Crippen molar-refractivity contribution < 1.29 is 0 Å². The first-order valence-corrected chi connectivity index (χ1v) is 4.97. The number of nitrogens with zero attached hydrogens (tertiary/aromatic N) is 3. The Labute approximate surface area is 105 Å². The monoisotopic (exact) mass is 246 g/mol. The van der Waals surface area contributed by atoms with E-state index >= 15 is 0 Å². The Balaban J connectivity index is 0.00000108. The molecule has 0 fully saturated rings. The summed E-state index contributed by atoms with van der Waals surface area (Å²) in [5.74, 6) is 0.508. The standard InChI is InChI=1S/C12H10N4.ClH/c13-12-7-16(8-15-12)10-5-9-3-1-2-4-11(9)14-6-10;/h1-8H,13H2;1H. The molecule has 2 heterocycles. The molecular formula is C12H11ClN4. The molecule has 86 valence electrons. The van der Waals surface area contributed by atoms with Gasteiger partial charge in [0.2, 0.25) is 0 Å².